The van der Waals surface area contributed by atoms with E-state index in [4.69, 9.17) is 0 Å². The number of nitrogens with zero attached hydrogens (tertiary/aromatic N) is 2. The Morgan fingerprint density at radius 2 is 2.50 bits per heavy atom. The molecule has 3 heteroatoms. The SMILES string of the molecule is C=Cc1nccc(CF)n1. The molecule has 0 N–H and O–H groups in total. The first kappa shape index (κ1) is 6.86. The monoisotopic (exact) mass is 138 g/mol. The van der Waals surface area contributed by atoms with Gasteiger partial charge in [0.05, 0.1) is 5.69 Å². The normalized spacial score (nSPS) is 9.30. The van der Waals surface area contributed by atoms with Crippen LogP contribution in [0.2, 0.25) is 0 Å². The second-order valence-corrected chi connectivity index (χ2v) is 1.74. The molecular formula is C7H7FN2. The van der Waals surface area contributed by atoms with Crippen LogP contribution in [0.15, 0.2) is 18.8 Å². The van der Waals surface area contributed by atoms with Crippen molar-refractivity contribution >= 4 is 6.08 Å². The number of rotatable bonds is 2. The van der Waals surface area contributed by atoms with Crippen LogP contribution in [-0.4, -0.2) is 9.97 Å². The van der Waals surface area contributed by atoms with Gasteiger partial charge in [-0.2, -0.15) is 0 Å². The first-order valence-electron chi connectivity index (χ1n) is 2.87. The average Bonchev–Trinajstić information content (AvgIpc) is 2.05. The van der Waals surface area contributed by atoms with E-state index in [-0.39, 0.29) is 0 Å². The highest BCUT2D eigenvalue weighted by atomic mass is 19.1. The van der Waals surface area contributed by atoms with Gasteiger partial charge in [-0.1, -0.05) is 6.58 Å². The predicted octanol–water partition coefficient (Wildman–Crippen LogP) is 1.59. The lowest BCUT2D eigenvalue weighted by Gasteiger charge is -1.92. The van der Waals surface area contributed by atoms with E-state index in [1.165, 1.54) is 18.3 Å². The summed E-state index contributed by atoms with van der Waals surface area (Å²) in [7, 11) is 0. The highest BCUT2D eigenvalue weighted by Gasteiger charge is 1.92. The molecular weight excluding hydrogens is 131 g/mol. The molecule has 0 aliphatic heterocycles. The average molecular weight is 138 g/mol. The van der Waals surface area contributed by atoms with Gasteiger partial charge in [0.15, 0.2) is 5.82 Å². The molecule has 1 rings (SSSR count). The van der Waals surface area contributed by atoms with E-state index in [0.717, 1.165) is 0 Å². The molecule has 1 aromatic rings. The standard InChI is InChI=1S/C7H7FN2/c1-2-7-9-4-3-6(5-8)10-7/h2-4H,1,5H2. The van der Waals surface area contributed by atoms with E-state index < -0.39 is 6.67 Å². The fourth-order valence-electron chi connectivity index (χ4n) is 0.586. The van der Waals surface area contributed by atoms with Crippen LogP contribution >= 0.6 is 0 Å². The van der Waals surface area contributed by atoms with Crippen LogP contribution in [0.25, 0.3) is 6.08 Å². The van der Waals surface area contributed by atoms with Gasteiger partial charge in [-0.15, -0.1) is 0 Å². The molecule has 1 heterocycles. The summed E-state index contributed by atoms with van der Waals surface area (Å²) < 4.78 is 11.9. The summed E-state index contributed by atoms with van der Waals surface area (Å²) in [6, 6.07) is 1.53. The van der Waals surface area contributed by atoms with E-state index in [0.29, 0.717) is 11.5 Å². The lowest BCUT2D eigenvalue weighted by molar-refractivity contribution is 0.475. The zero-order valence-electron chi connectivity index (χ0n) is 5.42. The maximum Gasteiger partial charge on any atom is 0.151 e. The number of hydrogen-bond donors (Lipinski definition) is 0. The molecule has 0 fully saturated rings. The van der Waals surface area contributed by atoms with Crippen molar-refractivity contribution < 1.29 is 4.39 Å². The smallest absolute Gasteiger partial charge is 0.151 e. The van der Waals surface area contributed by atoms with Crippen LogP contribution < -0.4 is 0 Å². The van der Waals surface area contributed by atoms with E-state index in [1.54, 1.807) is 0 Å². The molecule has 0 bridgehead atoms. The molecule has 0 atom stereocenters. The minimum absolute atomic E-state index is 0.393. The molecule has 52 valence electrons. The van der Waals surface area contributed by atoms with Crippen LogP contribution in [0.3, 0.4) is 0 Å². The van der Waals surface area contributed by atoms with E-state index in [9.17, 15) is 4.39 Å². The lowest BCUT2D eigenvalue weighted by atomic mass is 10.4. The minimum Gasteiger partial charge on any atom is -0.244 e. The van der Waals surface area contributed by atoms with Gasteiger partial charge >= 0.3 is 0 Å². The lowest BCUT2D eigenvalue weighted by Crippen LogP contribution is -1.90. The zero-order chi connectivity index (χ0) is 7.40. The third-order valence-electron chi connectivity index (χ3n) is 1.05. The van der Waals surface area contributed by atoms with Gasteiger partial charge in [-0.05, 0) is 12.1 Å². The largest absolute Gasteiger partial charge is 0.244 e. The van der Waals surface area contributed by atoms with Crippen molar-refractivity contribution in [1.29, 1.82) is 0 Å². The minimum atomic E-state index is -0.552. The topological polar surface area (TPSA) is 25.8 Å². The van der Waals surface area contributed by atoms with Crippen LogP contribution in [0, 0.1) is 0 Å². The Hall–Kier alpha value is -1.25. The molecule has 2 nitrogen and oxygen atoms in total. The summed E-state index contributed by atoms with van der Waals surface area (Å²) in [4.78, 5) is 7.62. The summed E-state index contributed by atoms with van der Waals surface area (Å²) in [6.07, 6.45) is 3.00. The first-order chi connectivity index (χ1) is 4.86. The molecule has 0 saturated heterocycles. The van der Waals surface area contributed by atoms with E-state index in [1.807, 2.05) is 0 Å². The van der Waals surface area contributed by atoms with Gasteiger partial charge in [0.25, 0.3) is 0 Å². The van der Waals surface area contributed by atoms with Crippen molar-refractivity contribution in [3.63, 3.8) is 0 Å². The van der Waals surface area contributed by atoms with Crippen molar-refractivity contribution in [3.8, 4) is 0 Å². The Morgan fingerprint density at radius 3 is 3.10 bits per heavy atom. The van der Waals surface area contributed by atoms with Crippen LogP contribution in [0.4, 0.5) is 4.39 Å². The summed E-state index contributed by atoms with van der Waals surface area (Å²) >= 11 is 0. The fraction of sp³-hybridized carbons (Fsp3) is 0.143. The molecule has 0 aliphatic carbocycles. The summed E-state index contributed by atoms with van der Waals surface area (Å²) in [6.45, 7) is 2.91. The van der Waals surface area contributed by atoms with Crippen molar-refractivity contribution in [2.45, 2.75) is 6.67 Å². The summed E-state index contributed by atoms with van der Waals surface area (Å²) in [5.74, 6) is 0.468. The van der Waals surface area contributed by atoms with Gasteiger partial charge in [-0.25, -0.2) is 14.4 Å². The fourth-order valence-corrected chi connectivity index (χ4v) is 0.586. The van der Waals surface area contributed by atoms with E-state index >= 15 is 0 Å². The summed E-state index contributed by atoms with van der Waals surface area (Å²) in [5, 5.41) is 0. The highest BCUT2D eigenvalue weighted by Crippen LogP contribution is 1.97. The second-order valence-electron chi connectivity index (χ2n) is 1.74. The third kappa shape index (κ3) is 1.37. The van der Waals surface area contributed by atoms with Crippen molar-refractivity contribution in [3.05, 3.63) is 30.4 Å². The molecule has 0 aliphatic rings. The maximum absolute atomic E-state index is 11.9. The van der Waals surface area contributed by atoms with Gasteiger partial charge in [0, 0.05) is 6.20 Å². The summed E-state index contributed by atoms with van der Waals surface area (Å²) in [5.41, 5.74) is 0.393. The molecule has 10 heavy (non-hydrogen) atoms. The molecule has 0 aromatic carbocycles. The van der Waals surface area contributed by atoms with Gasteiger partial charge in [-0.3, -0.25) is 0 Å². The number of hydrogen-bond acceptors (Lipinski definition) is 2. The number of alkyl halides is 1. The quantitative estimate of drug-likeness (QED) is 0.620. The van der Waals surface area contributed by atoms with Crippen molar-refractivity contribution in [2.24, 2.45) is 0 Å². The predicted molar refractivity (Wildman–Crippen MR) is 36.9 cm³/mol. The first-order valence-corrected chi connectivity index (χ1v) is 2.87. The molecule has 0 spiro atoms. The number of halogens is 1. The molecule has 0 unspecified atom stereocenters. The van der Waals surface area contributed by atoms with Gasteiger partial charge in [0.1, 0.15) is 6.67 Å². The maximum atomic E-state index is 11.9. The number of aromatic nitrogens is 2. The zero-order valence-corrected chi connectivity index (χ0v) is 5.42. The molecule has 1 aromatic heterocycles. The van der Waals surface area contributed by atoms with Crippen molar-refractivity contribution in [1.82, 2.24) is 9.97 Å². The Morgan fingerprint density at radius 1 is 1.70 bits per heavy atom. The third-order valence-corrected chi connectivity index (χ3v) is 1.05. The molecule has 0 radical (unpaired) electrons. The second kappa shape index (κ2) is 3.06. The van der Waals surface area contributed by atoms with E-state index in [2.05, 4.69) is 16.5 Å². The van der Waals surface area contributed by atoms with Crippen LogP contribution in [0.1, 0.15) is 11.5 Å². The van der Waals surface area contributed by atoms with Gasteiger partial charge < -0.3 is 0 Å². The Balaban J connectivity index is 2.98. The van der Waals surface area contributed by atoms with Gasteiger partial charge in [0.2, 0.25) is 0 Å². The highest BCUT2D eigenvalue weighted by molar-refractivity contribution is 5.35. The van der Waals surface area contributed by atoms with Crippen molar-refractivity contribution in [2.75, 3.05) is 0 Å². The molecule has 0 amide bonds. The molecule has 0 saturated carbocycles. The van der Waals surface area contributed by atoms with Crippen LogP contribution in [0.5, 0.6) is 0 Å². The Kier molecular flexibility index (Phi) is 2.10. The van der Waals surface area contributed by atoms with Crippen LogP contribution in [-0.2, 0) is 6.67 Å². The Bertz CT molecular complexity index is 235. The Labute approximate surface area is 58.4 Å².